The van der Waals surface area contributed by atoms with Gasteiger partial charge in [-0.1, -0.05) is 172 Å². The lowest BCUT2D eigenvalue weighted by Gasteiger charge is -2.26. The van der Waals surface area contributed by atoms with Crippen LogP contribution in [0.25, 0.3) is 82.8 Å². The first-order valence-corrected chi connectivity index (χ1v) is 21.9. The molecule has 11 aromatic rings. The van der Waals surface area contributed by atoms with Crippen LogP contribution in [0.2, 0.25) is 0 Å². The molecular weight excluding hydrogens is 761 g/mol. The number of anilines is 3. The highest BCUT2D eigenvalue weighted by Gasteiger charge is 2.36. The fourth-order valence-corrected chi connectivity index (χ4v) is 10.3. The van der Waals surface area contributed by atoms with Crippen LogP contribution in [0.1, 0.15) is 25.0 Å². The molecule has 1 aliphatic rings. The van der Waals surface area contributed by atoms with Crippen LogP contribution in [0, 0.1) is 0 Å². The van der Waals surface area contributed by atoms with Gasteiger partial charge in [-0.2, -0.15) is 0 Å². The average Bonchev–Trinajstić information content (AvgIpc) is 3.79. The maximum absolute atomic E-state index is 2.49. The summed E-state index contributed by atoms with van der Waals surface area (Å²) in [4.78, 5) is 2.37. The summed E-state index contributed by atoms with van der Waals surface area (Å²) in [5.41, 5.74) is 19.4. The molecule has 0 atom stereocenters. The Balaban J connectivity index is 1.02. The molecule has 0 amide bonds. The van der Waals surface area contributed by atoms with E-state index in [4.69, 9.17) is 0 Å². The Morgan fingerprint density at radius 3 is 1.56 bits per heavy atom. The number of fused-ring (bicyclic) bond motifs is 8. The van der Waals surface area contributed by atoms with E-state index in [-0.39, 0.29) is 5.41 Å². The van der Waals surface area contributed by atoms with E-state index in [0.717, 1.165) is 22.7 Å². The van der Waals surface area contributed by atoms with Crippen molar-refractivity contribution in [3.8, 4) is 50.2 Å². The first-order chi connectivity index (χ1) is 31.0. The summed E-state index contributed by atoms with van der Waals surface area (Å²) in [6.45, 7) is 4.77. The van der Waals surface area contributed by atoms with E-state index in [0.29, 0.717) is 0 Å². The Hall–Kier alpha value is -7.94. The third kappa shape index (κ3) is 6.09. The van der Waals surface area contributed by atoms with Gasteiger partial charge in [0, 0.05) is 38.9 Å². The van der Waals surface area contributed by atoms with Crippen molar-refractivity contribution in [2.24, 2.45) is 0 Å². The van der Waals surface area contributed by atoms with Gasteiger partial charge in [0.15, 0.2) is 0 Å². The van der Waals surface area contributed by atoms with E-state index in [2.05, 4.69) is 254 Å². The second-order valence-corrected chi connectivity index (χ2v) is 17.4. The first kappa shape index (κ1) is 36.9. The van der Waals surface area contributed by atoms with E-state index in [9.17, 15) is 0 Å². The number of benzene rings is 10. The van der Waals surface area contributed by atoms with E-state index in [1.165, 1.54) is 88.2 Å². The molecule has 1 aromatic heterocycles. The van der Waals surface area contributed by atoms with E-state index in [1.807, 2.05) is 0 Å². The van der Waals surface area contributed by atoms with Crippen LogP contribution in [0.5, 0.6) is 0 Å². The van der Waals surface area contributed by atoms with Gasteiger partial charge >= 0.3 is 0 Å². The van der Waals surface area contributed by atoms with Gasteiger partial charge in [-0.05, 0) is 139 Å². The standard InChI is InChI=1S/C61H44N2/c1-61(2)57-24-13-12-23-52(57)53-35-29-47-39-59-56(40-54(47)60(53)61)55-38-46(30-36-58(55)63(59)48-20-10-5-11-21-48)45-19-14-22-51(37-45)62(49-31-25-43(26-32-49)41-15-6-3-7-16-41)50-33-27-44(28-34-50)42-17-8-4-9-18-42/h3-40H,1-2H3. The van der Waals surface area contributed by atoms with Gasteiger partial charge in [0.2, 0.25) is 0 Å². The minimum atomic E-state index is -0.113. The molecule has 1 heterocycles. The van der Waals surface area contributed by atoms with Crippen molar-refractivity contribution < 1.29 is 0 Å². The van der Waals surface area contributed by atoms with Crippen molar-refractivity contribution in [2.75, 3.05) is 4.90 Å². The number of hydrogen-bond acceptors (Lipinski definition) is 1. The van der Waals surface area contributed by atoms with Crippen molar-refractivity contribution >= 4 is 49.6 Å². The van der Waals surface area contributed by atoms with Gasteiger partial charge in [0.25, 0.3) is 0 Å². The molecule has 0 radical (unpaired) electrons. The van der Waals surface area contributed by atoms with E-state index in [1.54, 1.807) is 0 Å². The molecule has 0 saturated heterocycles. The number of aromatic nitrogens is 1. The summed E-state index contributed by atoms with van der Waals surface area (Å²) in [6, 6.07) is 84.5. The molecule has 298 valence electrons. The van der Waals surface area contributed by atoms with Crippen LogP contribution < -0.4 is 4.90 Å². The minimum Gasteiger partial charge on any atom is -0.310 e. The van der Waals surface area contributed by atoms with Gasteiger partial charge in [0.05, 0.1) is 11.0 Å². The molecule has 63 heavy (non-hydrogen) atoms. The predicted molar refractivity (Wildman–Crippen MR) is 267 cm³/mol. The lowest BCUT2D eigenvalue weighted by molar-refractivity contribution is 0.666. The van der Waals surface area contributed by atoms with Crippen LogP contribution in [0.3, 0.4) is 0 Å². The minimum absolute atomic E-state index is 0.113. The lowest BCUT2D eigenvalue weighted by atomic mass is 9.80. The summed E-state index contributed by atoms with van der Waals surface area (Å²) >= 11 is 0. The highest BCUT2D eigenvalue weighted by molar-refractivity contribution is 6.16. The fourth-order valence-electron chi connectivity index (χ4n) is 10.3. The summed E-state index contributed by atoms with van der Waals surface area (Å²) in [5.74, 6) is 0. The molecular formula is C61H44N2. The Morgan fingerprint density at radius 2 is 0.889 bits per heavy atom. The third-order valence-electron chi connectivity index (χ3n) is 13.3. The molecule has 0 aliphatic heterocycles. The highest BCUT2D eigenvalue weighted by atomic mass is 15.1. The van der Waals surface area contributed by atoms with Crippen LogP contribution in [-0.4, -0.2) is 4.57 Å². The van der Waals surface area contributed by atoms with Crippen LogP contribution in [-0.2, 0) is 5.41 Å². The lowest BCUT2D eigenvalue weighted by Crippen LogP contribution is -2.15. The predicted octanol–water partition coefficient (Wildman–Crippen LogP) is 16.7. The molecule has 0 spiro atoms. The first-order valence-electron chi connectivity index (χ1n) is 21.9. The van der Waals surface area contributed by atoms with E-state index >= 15 is 0 Å². The average molecular weight is 805 g/mol. The topological polar surface area (TPSA) is 8.17 Å². The zero-order chi connectivity index (χ0) is 42.1. The summed E-state index contributed by atoms with van der Waals surface area (Å²) < 4.78 is 2.44. The number of nitrogens with zero attached hydrogens (tertiary/aromatic N) is 2. The quantitative estimate of drug-likeness (QED) is 0.156. The molecule has 2 nitrogen and oxygen atoms in total. The SMILES string of the molecule is CC1(C)c2ccccc2-c2ccc3cc4c(cc3c21)c1cc(-c2cccc(N(c3ccc(-c5ccccc5)cc3)c3ccc(-c5ccccc5)cc3)c2)ccc1n4-c1ccccc1. The van der Waals surface area contributed by atoms with Crippen LogP contribution in [0.15, 0.2) is 231 Å². The van der Waals surface area contributed by atoms with Crippen molar-refractivity contribution in [2.45, 2.75) is 19.3 Å². The molecule has 0 saturated carbocycles. The van der Waals surface area contributed by atoms with Crippen LogP contribution >= 0.6 is 0 Å². The van der Waals surface area contributed by atoms with Gasteiger partial charge in [0.1, 0.15) is 0 Å². The van der Waals surface area contributed by atoms with Crippen molar-refractivity contribution in [3.63, 3.8) is 0 Å². The summed E-state index contributed by atoms with van der Waals surface area (Å²) in [5, 5.41) is 5.10. The van der Waals surface area contributed by atoms with Crippen molar-refractivity contribution in [1.29, 1.82) is 0 Å². The van der Waals surface area contributed by atoms with Gasteiger partial charge < -0.3 is 9.47 Å². The fraction of sp³-hybridized carbons (Fsp3) is 0.0492. The molecule has 10 aromatic carbocycles. The molecule has 2 heteroatoms. The monoisotopic (exact) mass is 804 g/mol. The Kier molecular flexibility index (Phi) is 8.55. The molecule has 0 N–H and O–H groups in total. The van der Waals surface area contributed by atoms with Crippen molar-refractivity contribution in [3.05, 3.63) is 242 Å². The largest absolute Gasteiger partial charge is 0.310 e. The summed E-state index contributed by atoms with van der Waals surface area (Å²) in [7, 11) is 0. The second kappa shape index (κ2) is 14.6. The maximum Gasteiger partial charge on any atom is 0.0547 e. The van der Waals surface area contributed by atoms with Crippen molar-refractivity contribution in [1.82, 2.24) is 4.57 Å². The van der Waals surface area contributed by atoms with Gasteiger partial charge in [-0.15, -0.1) is 0 Å². The normalized spacial score (nSPS) is 12.7. The molecule has 0 fully saturated rings. The molecule has 12 rings (SSSR count). The Labute approximate surface area is 368 Å². The van der Waals surface area contributed by atoms with E-state index < -0.39 is 0 Å². The second-order valence-electron chi connectivity index (χ2n) is 17.4. The molecule has 0 unspecified atom stereocenters. The number of hydrogen-bond donors (Lipinski definition) is 0. The smallest absolute Gasteiger partial charge is 0.0547 e. The Bertz CT molecular complexity index is 3410. The zero-order valence-electron chi connectivity index (χ0n) is 35.3. The molecule has 1 aliphatic carbocycles. The zero-order valence-corrected chi connectivity index (χ0v) is 35.3. The number of para-hydroxylation sites is 1. The van der Waals surface area contributed by atoms with Gasteiger partial charge in [-0.25, -0.2) is 0 Å². The maximum atomic E-state index is 2.49. The summed E-state index contributed by atoms with van der Waals surface area (Å²) in [6.07, 6.45) is 0. The van der Waals surface area contributed by atoms with Crippen LogP contribution in [0.4, 0.5) is 17.1 Å². The highest BCUT2D eigenvalue weighted by Crippen LogP contribution is 2.52. The molecule has 0 bridgehead atoms. The Morgan fingerprint density at radius 1 is 0.349 bits per heavy atom. The number of rotatable bonds is 7. The third-order valence-corrected chi connectivity index (χ3v) is 13.3. The van der Waals surface area contributed by atoms with Gasteiger partial charge in [-0.3, -0.25) is 0 Å².